The molecule has 7 nitrogen and oxygen atoms in total. The fourth-order valence-electron chi connectivity index (χ4n) is 4.74. The largest absolute Gasteiger partial charge is 0.469 e. The molecule has 1 saturated carbocycles. The van der Waals surface area contributed by atoms with Crippen molar-refractivity contribution in [3.63, 3.8) is 0 Å². The number of hydrogen-bond donors (Lipinski definition) is 2. The molecule has 0 aromatic carbocycles. The van der Waals surface area contributed by atoms with Gasteiger partial charge in [-0.25, -0.2) is 9.78 Å². The number of methoxy groups -OCH3 is 1. The van der Waals surface area contributed by atoms with Gasteiger partial charge in [-0.3, -0.25) is 4.79 Å². The zero-order valence-electron chi connectivity index (χ0n) is 17.2. The van der Waals surface area contributed by atoms with Gasteiger partial charge in [0, 0.05) is 49.4 Å². The number of urea groups is 1. The molecule has 4 rings (SSSR count). The molecule has 3 heterocycles. The van der Waals surface area contributed by atoms with E-state index in [0.717, 1.165) is 77.5 Å². The summed E-state index contributed by atoms with van der Waals surface area (Å²) in [6, 6.07) is 0.218. The van der Waals surface area contributed by atoms with Gasteiger partial charge in [0.15, 0.2) is 0 Å². The Morgan fingerprint density at radius 1 is 1.10 bits per heavy atom. The molecule has 1 saturated heterocycles. The Kier molecular flexibility index (Phi) is 6.70. The highest BCUT2D eigenvalue weighted by Crippen LogP contribution is 2.33. The minimum atomic E-state index is -0.118. The van der Waals surface area contributed by atoms with Crippen LogP contribution in [-0.2, 0) is 22.4 Å². The molecule has 160 valence electrons. The second-order valence-corrected chi connectivity index (χ2v) is 9.57. The second kappa shape index (κ2) is 9.43. The summed E-state index contributed by atoms with van der Waals surface area (Å²) in [5.74, 6) is 0.361. The third-order valence-electron chi connectivity index (χ3n) is 6.58. The van der Waals surface area contributed by atoms with Crippen molar-refractivity contribution in [2.75, 3.05) is 33.3 Å². The number of rotatable bonds is 3. The Bertz CT molecular complexity index is 698. The van der Waals surface area contributed by atoms with Gasteiger partial charge in [0.05, 0.1) is 23.7 Å². The van der Waals surface area contributed by atoms with Crippen molar-refractivity contribution in [3.8, 4) is 0 Å². The lowest BCUT2D eigenvalue weighted by atomic mass is 9.86. The molecule has 1 aromatic rings. The average molecular weight is 421 g/mol. The number of hydrogen-bond acceptors (Lipinski definition) is 6. The fourth-order valence-corrected chi connectivity index (χ4v) is 6.02. The summed E-state index contributed by atoms with van der Waals surface area (Å²) in [6.07, 6.45) is 7.40. The van der Waals surface area contributed by atoms with Crippen molar-refractivity contribution in [2.45, 2.75) is 63.3 Å². The molecule has 2 aliphatic heterocycles. The third kappa shape index (κ3) is 4.91. The number of esters is 1. The number of aromatic nitrogens is 1. The first-order valence-corrected chi connectivity index (χ1v) is 11.8. The van der Waals surface area contributed by atoms with E-state index in [-0.39, 0.29) is 24.0 Å². The lowest BCUT2D eigenvalue weighted by molar-refractivity contribution is -0.146. The molecule has 0 unspecified atom stereocenters. The summed E-state index contributed by atoms with van der Waals surface area (Å²) in [4.78, 5) is 32.7. The molecule has 3 aliphatic rings. The van der Waals surface area contributed by atoms with Gasteiger partial charge in [-0.05, 0) is 44.9 Å². The standard InChI is InChI=1S/C21H32N4O3S/c1-28-20(26)15-2-4-16(5-3-15)23-21(27)25-12-8-14(9-13-25)19-24-17-6-10-22-11-7-18(17)29-19/h14-16,22H,2-13H2,1H3,(H,23,27)/t15-,16-. The van der Waals surface area contributed by atoms with Crippen LogP contribution in [0.25, 0.3) is 0 Å². The molecular weight excluding hydrogens is 388 g/mol. The molecule has 0 bridgehead atoms. The molecule has 2 N–H and O–H groups in total. The summed E-state index contributed by atoms with van der Waals surface area (Å²) in [6.45, 7) is 3.66. The lowest BCUT2D eigenvalue weighted by Crippen LogP contribution is -2.48. The highest BCUT2D eigenvalue weighted by molar-refractivity contribution is 7.11. The van der Waals surface area contributed by atoms with Crippen LogP contribution in [0, 0.1) is 5.92 Å². The van der Waals surface area contributed by atoms with Gasteiger partial charge in [0.2, 0.25) is 0 Å². The van der Waals surface area contributed by atoms with Crippen molar-refractivity contribution in [1.29, 1.82) is 0 Å². The number of nitrogens with one attached hydrogen (secondary N) is 2. The summed E-state index contributed by atoms with van der Waals surface area (Å²) >= 11 is 1.89. The zero-order chi connectivity index (χ0) is 20.2. The first kappa shape index (κ1) is 20.6. The Morgan fingerprint density at radius 3 is 2.55 bits per heavy atom. The molecule has 2 fully saturated rings. The van der Waals surface area contributed by atoms with E-state index in [1.54, 1.807) is 0 Å². The van der Waals surface area contributed by atoms with Crippen LogP contribution < -0.4 is 10.6 Å². The van der Waals surface area contributed by atoms with Crippen LogP contribution in [0.2, 0.25) is 0 Å². The van der Waals surface area contributed by atoms with E-state index in [9.17, 15) is 9.59 Å². The number of carbonyl (C=O) groups is 2. The maximum Gasteiger partial charge on any atom is 0.317 e. The summed E-state index contributed by atoms with van der Waals surface area (Å²) < 4.78 is 4.84. The van der Waals surface area contributed by atoms with E-state index in [0.29, 0.717) is 5.92 Å². The number of nitrogens with zero attached hydrogens (tertiary/aromatic N) is 2. The number of ether oxygens (including phenoxy) is 1. The quantitative estimate of drug-likeness (QED) is 0.734. The minimum Gasteiger partial charge on any atom is -0.469 e. The molecule has 0 spiro atoms. The maximum atomic E-state index is 12.7. The van der Waals surface area contributed by atoms with E-state index in [4.69, 9.17) is 9.72 Å². The van der Waals surface area contributed by atoms with Gasteiger partial charge >= 0.3 is 12.0 Å². The van der Waals surface area contributed by atoms with Crippen molar-refractivity contribution >= 4 is 23.3 Å². The molecule has 2 amide bonds. The molecular formula is C21H32N4O3S. The van der Waals surface area contributed by atoms with E-state index in [1.165, 1.54) is 22.7 Å². The summed E-state index contributed by atoms with van der Waals surface area (Å²) in [5.41, 5.74) is 1.29. The van der Waals surface area contributed by atoms with E-state index < -0.39 is 0 Å². The number of fused-ring (bicyclic) bond motifs is 1. The number of thiazole rings is 1. The smallest absolute Gasteiger partial charge is 0.317 e. The van der Waals surface area contributed by atoms with Crippen molar-refractivity contribution < 1.29 is 14.3 Å². The Balaban J connectivity index is 1.23. The van der Waals surface area contributed by atoms with Gasteiger partial charge in [0.1, 0.15) is 0 Å². The van der Waals surface area contributed by atoms with Crippen LogP contribution >= 0.6 is 11.3 Å². The van der Waals surface area contributed by atoms with E-state index in [1.807, 2.05) is 16.2 Å². The predicted octanol–water partition coefficient (Wildman–Crippen LogP) is 2.45. The summed E-state index contributed by atoms with van der Waals surface area (Å²) in [7, 11) is 1.44. The van der Waals surface area contributed by atoms with Crippen LogP contribution in [0.5, 0.6) is 0 Å². The predicted molar refractivity (Wildman–Crippen MR) is 112 cm³/mol. The highest BCUT2D eigenvalue weighted by atomic mass is 32.1. The van der Waals surface area contributed by atoms with Crippen LogP contribution in [0.3, 0.4) is 0 Å². The van der Waals surface area contributed by atoms with Gasteiger partial charge < -0.3 is 20.3 Å². The molecule has 1 aliphatic carbocycles. The highest BCUT2D eigenvalue weighted by Gasteiger charge is 2.31. The van der Waals surface area contributed by atoms with Crippen LogP contribution in [0.4, 0.5) is 4.79 Å². The average Bonchev–Trinajstić information content (AvgIpc) is 3.04. The maximum absolute atomic E-state index is 12.7. The zero-order valence-corrected chi connectivity index (χ0v) is 18.1. The normalized spacial score (nSPS) is 25.8. The third-order valence-corrected chi connectivity index (χ3v) is 7.90. The van der Waals surface area contributed by atoms with Crippen molar-refractivity contribution in [3.05, 3.63) is 15.6 Å². The van der Waals surface area contributed by atoms with E-state index in [2.05, 4.69) is 10.6 Å². The molecule has 0 atom stereocenters. The van der Waals surface area contributed by atoms with Gasteiger partial charge in [-0.15, -0.1) is 11.3 Å². The van der Waals surface area contributed by atoms with Crippen LogP contribution in [0.1, 0.15) is 60.0 Å². The van der Waals surface area contributed by atoms with Crippen LogP contribution in [0.15, 0.2) is 0 Å². The molecule has 0 radical (unpaired) electrons. The topological polar surface area (TPSA) is 83.6 Å². The van der Waals surface area contributed by atoms with Crippen molar-refractivity contribution in [2.24, 2.45) is 5.92 Å². The summed E-state index contributed by atoms with van der Waals surface area (Å²) in [5, 5.41) is 7.89. The van der Waals surface area contributed by atoms with Gasteiger partial charge in [-0.1, -0.05) is 0 Å². The monoisotopic (exact) mass is 420 g/mol. The second-order valence-electron chi connectivity index (χ2n) is 8.45. The fraction of sp³-hybridized carbons (Fsp3) is 0.762. The van der Waals surface area contributed by atoms with E-state index >= 15 is 0 Å². The molecule has 8 heteroatoms. The van der Waals surface area contributed by atoms with Crippen LogP contribution in [-0.4, -0.2) is 61.2 Å². The SMILES string of the molecule is COC(=O)[C@H]1CC[C@H](NC(=O)N2CCC(c3nc4c(s3)CCNCC4)CC2)CC1. The Labute approximate surface area is 176 Å². The first-order chi connectivity index (χ1) is 14.1. The first-order valence-electron chi connectivity index (χ1n) is 11.0. The minimum absolute atomic E-state index is 0.00639. The Morgan fingerprint density at radius 2 is 1.83 bits per heavy atom. The Hall–Kier alpha value is -1.67. The molecule has 1 aromatic heterocycles. The number of piperidine rings is 1. The number of carbonyl (C=O) groups excluding carboxylic acids is 2. The van der Waals surface area contributed by atoms with Gasteiger partial charge in [0.25, 0.3) is 0 Å². The lowest BCUT2D eigenvalue weighted by Gasteiger charge is -2.34. The van der Waals surface area contributed by atoms with Gasteiger partial charge in [-0.2, -0.15) is 0 Å². The number of likely N-dealkylation sites (tertiary alicyclic amines) is 1. The van der Waals surface area contributed by atoms with Crippen molar-refractivity contribution in [1.82, 2.24) is 20.5 Å². The molecule has 29 heavy (non-hydrogen) atoms. The number of amides is 2.